The van der Waals surface area contributed by atoms with Crippen LogP contribution in [0, 0.1) is 0 Å². The molecule has 0 bridgehead atoms. The van der Waals surface area contributed by atoms with Gasteiger partial charge in [-0.15, -0.1) is 0 Å². The van der Waals surface area contributed by atoms with Crippen molar-refractivity contribution in [2.75, 3.05) is 24.7 Å². The van der Waals surface area contributed by atoms with Crippen molar-refractivity contribution in [3.05, 3.63) is 59.9 Å². The lowest BCUT2D eigenvalue weighted by atomic mass is 10.1. The van der Waals surface area contributed by atoms with E-state index in [1.807, 2.05) is 0 Å². The molecule has 1 heterocycles. The van der Waals surface area contributed by atoms with Crippen LogP contribution in [-0.4, -0.2) is 19.8 Å². The Hall–Kier alpha value is -1.74. The molecule has 0 atom stereocenters. The third kappa shape index (κ3) is 3.64. The zero-order valence-corrected chi connectivity index (χ0v) is 12.9. The van der Waals surface area contributed by atoms with E-state index < -0.39 is 0 Å². The fraction of sp³-hybridized carbons (Fsp3) is 0.235. The fourth-order valence-corrected chi connectivity index (χ4v) is 2.38. The van der Waals surface area contributed by atoms with Crippen molar-refractivity contribution in [3.8, 4) is 0 Å². The lowest BCUT2D eigenvalue weighted by Crippen LogP contribution is -2.37. The van der Waals surface area contributed by atoms with Crippen LogP contribution in [0.3, 0.4) is 0 Å². The molecule has 1 aromatic carbocycles. The van der Waals surface area contributed by atoms with E-state index in [2.05, 4.69) is 97.0 Å². The van der Waals surface area contributed by atoms with Gasteiger partial charge in [0.25, 0.3) is 0 Å². The molecule has 0 aliphatic carbocycles. The molecule has 0 amide bonds. The summed E-state index contributed by atoms with van der Waals surface area (Å²) in [5.74, 6) is 0.837. The third-order valence-electron chi connectivity index (χ3n) is 3.17. The van der Waals surface area contributed by atoms with Crippen LogP contribution in [0.4, 0.5) is 5.69 Å². The Balaban J connectivity index is 2.30. The van der Waals surface area contributed by atoms with Crippen molar-refractivity contribution in [1.29, 1.82) is 0 Å². The second kappa shape index (κ2) is 7.15. The number of nitrogens with zero attached hydrogens (tertiary/aromatic N) is 2. The van der Waals surface area contributed by atoms with Gasteiger partial charge >= 0.3 is 0 Å². The van der Waals surface area contributed by atoms with Gasteiger partial charge in [-0.05, 0) is 23.8 Å². The summed E-state index contributed by atoms with van der Waals surface area (Å²) >= 11 is 4.31. The summed E-state index contributed by atoms with van der Waals surface area (Å²) in [5.41, 5.74) is 3.63. The second-order valence-corrected chi connectivity index (χ2v) is 5.28. The first-order valence-corrected chi connectivity index (χ1v) is 7.39. The average Bonchev–Trinajstić information content (AvgIpc) is 2.47. The van der Waals surface area contributed by atoms with Crippen molar-refractivity contribution >= 4 is 30.5 Å². The normalized spacial score (nSPS) is 10.9. The predicted molar refractivity (Wildman–Crippen MR) is 90.2 cm³/mol. The van der Waals surface area contributed by atoms with Gasteiger partial charge in [-0.3, -0.25) is 0 Å². The van der Waals surface area contributed by atoms with Crippen LogP contribution < -0.4 is 9.47 Å². The summed E-state index contributed by atoms with van der Waals surface area (Å²) in [6, 6.07) is 14.6. The molecular weight excluding hydrogens is 264 g/mol. The minimum atomic E-state index is 0.837. The van der Waals surface area contributed by atoms with Crippen LogP contribution >= 0.6 is 12.6 Å². The maximum atomic E-state index is 4.31. The van der Waals surface area contributed by atoms with Crippen molar-refractivity contribution in [3.63, 3.8) is 0 Å². The molecule has 3 heteroatoms. The van der Waals surface area contributed by atoms with Crippen LogP contribution in [0.5, 0.6) is 0 Å². The number of para-hydroxylation sites is 1. The molecule has 0 radical (unpaired) electrons. The molecule has 104 valence electrons. The molecule has 0 spiro atoms. The van der Waals surface area contributed by atoms with Crippen molar-refractivity contribution in [2.45, 2.75) is 6.54 Å². The topological polar surface area (TPSA) is 7.12 Å². The minimum Gasteiger partial charge on any atom is -0.377 e. The second-order valence-electron chi connectivity index (χ2n) is 4.83. The van der Waals surface area contributed by atoms with Crippen LogP contribution in [-0.2, 0) is 6.54 Å². The van der Waals surface area contributed by atoms with E-state index >= 15 is 0 Å². The number of pyridine rings is 1. The Labute approximate surface area is 126 Å². The zero-order chi connectivity index (χ0) is 14.4. The molecule has 20 heavy (non-hydrogen) atoms. The highest BCUT2D eigenvalue weighted by Gasteiger charge is 2.05. The SMILES string of the molecule is CN(C)c1ccccc1/C=C/c1cccc[n+]1CCS. The Kier molecular flexibility index (Phi) is 5.24. The highest BCUT2D eigenvalue weighted by Crippen LogP contribution is 2.19. The molecular formula is C17H21N2S+. The number of benzene rings is 1. The fourth-order valence-electron chi connectivity index (χ4n) is 2.16. The van der Waals surface area contributed by atoms with Gasteiger partial charge in [0, 0.05) is 43.7 Å². The number of anilines is 1. The van der Waals surface area contributed by atoms with Gasteiger partial charge in [-0.2, -0.15) is 17.2 Å². The van der Waals surface area contributed by atoms with E-state index in [9.17, 15) is 0 Å². The van der Waals surface area contributed by atoms with E-state index in [4.69, 9.17) is 0 Å². The van der Waals surface area contributed by atoms with Crippen molar-refractivity contribution in [1.82, 2.24) is 0 Å². The van der Waals surface area contributed by atoms with Crippen LogP contribution in [0.1, 0.15) is 11.3 Å². The number of rotatable bonds is 5. The Morgan fingerprint density at radius 3 is 2.55 bits per heavy atom. The van der Waals surface area contributed by atoms with Gasteiger partial charge in [0.05, 0.1) is 0 Å². The van der Waals surface area contributed by atoms with E-state index in [-0.39, 0.29) is 0 Å². The van der Waals surface area contributed by atoms with E-state index in [1.165, 1.54) is 16.9 Å². The van der Waals surface area contributed by atoms with Gasteiger partial charge in [-0.1, -0.05) is 18.2 Å². The largest absolute Gasteiger partial charge is 0.377 e. The molecule has 2 rings (SSSR count). The third-order valence-corrected chi connectivity index (χ3v) is 3.37. The number of hydrogen-bond donors (Lipinski definition) is 1. The molecule has 0 aliphatic heterocycles. The minimum absolute atomic E-state index is 0.837. The molecule has 0 fully saturated rings. The Morgan fingerprint density at radius 2 is 1.80 bits per heavy atom. The maximum absolute atomic E-state index is 4.31. The highest BCUT2D eigenvalue weighted by atomic mass is 32.1. The molecule has 1 aromatic heterocycles. The van der Waals surface area contributed by atoms with Gasteiger partial charge < -0.3 is 4.90 Å². The molecule has 2 aromatic rings. The van der Waals surface area contributed by atoms with Gasteiger partial charge in [0.1, 0.15) is 0 Å². The van der Waals surface area contributed by atoms with Gasteiger partial charge in [0.2, 0.25) is 5.69 Å². The lowest BCUT2D eigenvalue weighted by Gasteiger charge is -2.15. The molecule has 2 nitrogen and oxygen atoms in total. The van der Waals surface area contributed by atoms with Crippen molar-refractivity contribution < 1.29 is 4.57 Å². The monoisotopic (exact) mass is 285 g/mol. The summed E-state index contributed by atoms with van der Waals surface area (Å²) in [5, 5.41) is 0. The van der Waals surface area contributed by atoms with Gasteiger partial charge in [-0.25, -0.2) is 0 Å². The standard InChI is InChI=1S/C17H20N2S/c1-18(2)17-9-4-3-7-15(17)10-11-16-8-5-6-12-19(16)13-14-20/h3-12H,13-14H2,1-2H3/p+1. The van der Waals surface area contributed by atoms with E-state index in [0.717, 1.165) is 12.3 Å². The summed E-state index contributed by atoms with van der Waals surface area (Å²) in [6.07, 6.45) is 6.42. The first kappa shape index (κ1) is 14.7. The number of aryl methyl sites for hydroxylation is 1. The first-order chi connectivity index (χ1) is 9.72. The highest BCUT2D eigenvalue weighted by molar-refractivity contribution is 7.80. The molecule has 0 N–H and O–H groups in total. The zero-order valence-electron chi connectivity index (χ0n) is 12.0. The average molecular weight is 285 g/mol. The van der Waals surface area contributed by atoms with Crippen LogP contribution in [0.2, 0.25) is 0 Å². The first-order valence-electron chi connectivity index (χ1n) is 6.76. The molecule has 0 unspecified atom stereocenters. The number of hydrogen-bond acceptors (Lipinski definition) is 2. The summed E-state index contributed by atoms with van der Waals surface area (Å²) in [7, 11) is 4.13. The molecule has 0 saturated carbocycles. The summed E-state index contributed by atoms with van der Waals surface area (Å²) < 4.78 is 2.21. The summed E-state index contributed by atoms with van der Waals surface area (Å²) in [4.78, 5) is 2.13. The Morgan fingerprint density at radius 1 is 1.05 bits per heavy atom. The van der Waals surface area contributed by atoms with Gasteiger partial charge in [0.15, 0.2) is 12.7 Å². The smallest absolute Gasteiger partial charge is 0.205 e. The lowest BCUT2D eigenvalue weighted by molar-refractivity contribution is -0.694. The van der Waals surface area contributed by atoms with Crippen LogP contribution in [0.15, 0.2) is 48.7 Å². The molecule has 0 saturated heterocycles. The maximum Gasteiger partial charge on any atom is 0.205 e. The number of thiol groups is 1. The van der Waals surface area contributed by atoms with E-state index in [1.54, 1.807) is 0 Å². The Bertz CT molecular complexity index is 591. The van der Waals surface area contributed by atoms with E-state index in [0.29, 0.717) is 0 Å². The predicted octanol–water partition coefficient (Wildman–Crippen LogP) is 3.14. The number of aromatic nitrogens is 1. The molecule has 0 aliphatic rings. The van der Waals surface area contributed by atoms with Crippen molar-refractivity contribution in [2.24, 2.45) is 0 Å². The van der Waals surface area contributed by atoms with Crippen LogP contribution in [0.25, 0.3) is 12.2 Å². The quantitative estimate of drug-likeness (QED) is 0.655. The summed E-state index contributed by atoms with van der Waals surface area (Å²) in [6.45, 7) is 0.916.